The van der Waals surface area contributed by atoms with E-state index in [0.29, 0.717) is 9.13 Å². The van der Waals surface area contributed by atoms with Crippen molar-refractivity contribution in [3.8, 4) is 0 Å². The van der Waals surface area contributed by atoms with Crippen molar-refractivity contribution in [3.63, 3.8) is 0 Å². The first-order valence-corrected chi connectivity index (χ1v) is 14.1. The van der Waals surface area contributed by atoms with Crippen LogP contribution >= 0.6 is 7.14 Å². The Labute approximate surface area is 227 Å². The van der Waals surface area contributed by atoms with Crippen molar-refractivity contribution in [3.05, 3.63) is 144 Å². The second kappa shape index (κ2) is 12.4. The Hall–Kier alpha value is -4.77. The van der Waals surface area contributed by atoms with E-state index in [-0.39, 0.29) is 31.5 Å². The van der Waals surface area contributed by atoms with Gasteiger partial charge in [0.25, 0.3) is 0 Å². The van der Waals surface area contributed by atoms with E-state index in [2.05, 4.69) is 26.3 Å². The van der Waals surface area contributed by atoms with Crippen molar-refractivity contribution in [1.82, 2.24) is 27.4 Å². The molecular formula is C26H29N6O7P. The van der Waals surface area contributed by atoms with Crippen LogP contribution in [0, 0.1) is 0 Å². The maximum absolute atomic E-state index is 14.7. The first-order valence-electron chi connectivity index (χ1n) is 12.0. The fourth-order valence-corrected chi connectivity index (χ4v) is 6.64. The predicted octanol–water partition coefficient (Wildman–Crippen LogP) is -0.295. The lowest BCUT2D eigenvalue weighted by atomic mass is 10.4. The first kappa shape index (κ1) is 29.8. The van der Waals surface area contributed by atoms with Crippen LogP contribution in [0.25, 0.3) is 0 Å². The summed E-state index contributed by atoms with van der Waals surface area (Å²) >= 11 is 0. The number of allylic oxidation sites excluding steroid dienone is 4. The summed E-state index contributed by atoms with van der Waals surface area (Å²) in [4.78, 5) is 78.8. The summed E-state index contributed by atoms with van der Waals surface area (Å²) < 4.78 is 19.0. The molecule has 14 heteroatoms. The Bertz CT molecular complexity index is 1670. The molecule has 2 aromatic heterocycles. The summed E-state index contributed by atoms with van der Waals surface area (Å²) in [5, 5.41) is 0.154. The zero-order valence-electron chi connectivity index (χ0n) is 21.8. The lowest BCUT2D eigenvalue weighted by Crippen LogP contribution is -2.55. The van der Waals surface area contributed by atoms with E-state index in [9.17, 15) is 33.3 Å². The van der Waals surface area contributed by atoms with Crippen LogP contribution in [0.1, 0.15) is 0 Å². The highest BCUT2D eigenvalue weighted by Gasteiger charge is 2.31. The lowest BCUT2D eigenvalue weighted by molar-refractivity contribution is 0.486. The average molecular weight is 569 g/mol. The molecule has 1 aromatic carbocycles. The monoisotopic (exact) mass is 568 g/mol. The SMILES string of the molecule is C=CCn1c(=O)n(CC=C)c(=O)n(CP(=O)(Cn2c(=O)n(CC=C)c(=O)n(CC=C)c2=O)c2ccccc2)c1=O. The van der Waals surface area contributed by atoms with Gasteiger partial charge in [-0.3, -0.25) is 0 Å². The Balaban J connectivity index is 2.38. The number of nitrogens with zero attached hydrogens (tertiary/aromatic N) is 6. The molecule has 0 atom stereocenters. The molecule has 0 saturated carbocycles. The zero-order valence-corrected chi connectivity index (χ0v) is 22.6. The molecule has 0 spiro atoms. The maximum Gasteiger partial charge on any atom is 0.337 e. The van der Waals surface area contributed by atoms with Crippen LogP contribution in [0.5, 0.6) is 0 Å². The van der Waals surface area contributed by atoms with Crippen LogP contribution < -0.4 is 39.4 Å². The quantitative estimate of drug-likeness (QED) is 0.203. The van der Waals surface area contributed by atoms with Gasteiger partial charge in [0.05, 0.1) is 38.8 Å². The second-order valence-corrected chi connectivity index (χ2v) is 11.5. The van der Waals surface area contributed by atoms with E-state index in [4.69, 9.17) is 0 Å². The van der Waals surface area contributed by atoms with E-state index in [1.54, 1.807) is 18.2 Å². The van der Waals surface area contributed by atoms with Crippen molar-refractivity contribution < 1.29 is 4.57 Å². The van der Waals surface area contributed by atoms with Crippen LogP contribution in [-0.2, 0) is 43.3 Å². The molecule has 0 N–H and O–H groups in total. The normalized spacial score (nSPS) is 11.2. The molecule has 3 rings (SSSR count). The summed E-state index contributed by atoms with van der Waals surface area (Å²) in [6.07, 6.45) is 3.65. The molecule has 0 amide bonds. The van der Waals surface area contributed by atoms with Gasteiger partial charge in [0.1, 0.15) is 0 Å². The fraction of sp³-hybridized carbons (Fsp3) is 0.231. The van der Waals surface area contributed by atoms with Gasteiger partial charge < -0.3 is 4.57 Å². The topological polar surface area (TPSA) is 149 Å². The zero-order chi connectivity index (χ0) is 29.6. The molecule has 2 heterocycles. The van der Waals surface area contributed by atoms with Crippen LogP contribution in [-0.4, -0.2) is 27.4 Å². The minimum atomic E-state index is -4.04. The number of rotatable bonds is 13. The van der Waals surface area contributed by atoms with Gasteiger partial charge in [-0.05, 0) is 0 Å². The molecule has 0 bridgehead atoms. The summed E-state index contributed by atoms with van der Waals surface area (Å²) in [6.45, 7) is 13.2. The number of hydrogen-bond donors (Lipinski definition) is 0. The van der Waals surface area contributed by atoms with Crippen molar-refractivity contribution >= 4 is 12.4 Å². The molecule has 0 radical (unpaired) electrons. The molecule has 40 heavy (non-hydrogen) atoms. The maximum atomic E-state index is 14.7. The first-order chi connectivity index (χ1) is 19.1. The van der Waals surface area contributed by atoms with Gasteiger partial charge in [0.2, 0.25) is 0 Å². The number of aromatic nitrogens is 6. The smallest absolute Gasteiger partial charge is 0.315 e. The lowest BCUT2D eigenvalue weighted by Gasteiger charge is -2.22. The van der Waals surface area contributed by atoms with Gasteiger partial charge in [-0.15, -0.1) is 26.3 Å². The molecule has 13 nitrogen and oxygen atoms in total. The molecular weight excluding hydrogens is 539 g/mol. The molecule has 0 saturated heterocycles. The second-order valence-electron chi connectivity index (χ2n) is 8.66. The van der Waals surface area contributed by atoms with Gasteiger partial charge in [-0.1, -0.05) is 54.6 Å². The Kier molecular flexibility index (Phi) is 9.23. The fourth-order valence-electron chi connectivity index (χ4n) is 4.11. The Morgan fingerprint density at radius 1 is 0.500 bits per heavy atom. The third-order valence-corrected chi connectivity index (χ3v) is 8.70. The van der Waals surface area contributed by atoms with Gasteiger partial charge >= 0.3 is 34.1 Å². The Morgan fingerprint density at radius 2 is 0.775 bits per heavy atom. The molecule has 0 aliphatic heterocycles. The predicted molar refractivity (Wildman–Crippen MR) is 153 cm³/mol. The summed E-state index contributed by atoms with van der Waals surface area (Å²) in [5.74, 6) is 0. The minimum absolute atomic E-state index is 0.154. The highest BCUT2D eigenvalue weighted by atomic mass is 31.2. The molecule has 0 aliphatic rings. The third-order valence-electron chi connectivity index (χ3n) is 5.98. The van der Waals surface area contributed by atoms with E-state index in [0.717, 1.165) is 18.3 Å². The van der Waals surface area contributed by atoms with Gasteiger partial charge in [0, 0.05) is 5.30 Å². The molecule has 0 unspecified atom stereocenters. The van der Waals surface area contributed by atoms with Crippen molar-refractivity contribution in [1.29, 1.82) is 0 Å². The van der Waals surface area contributed by atoms with Crippen molar-refractivity contribution in [2.24, 2.45) is 0 Å². The number of benzene rings is 1. The Morgan fingerprint density at radius 3 is 1.05 bits per heavy atom. The summed E-state index contributed by atoms with van der Waals surface area (Å²) in [7, 11) is -4.04. The molecule has 3 aromatic rings. The molecule has 210 valence electrons. The van der Waals surface area contributed by atoms with E-state index >= 15 is 0 Å². The largest absolute Gasteiger partial charge is 0.337 e. The van der Waals surface area contributed by atoms with Crippen LogP contribution in [0.4, 0.5) is 0 Å². The summed E-state index contributed by atoms with van der Waals surface area (Å²) in [5.41, 5.74) is -5.97. The van der Waals surface area contributed by atoms with Crippen molar-refractivity contribution in [2.75, 3.05) is 0 Å². The summed E-state index contributed by atoms with van der Waals surface area (Å²) in [6, 6.07) is 7.73. The molecule has 0 fully saturated rings. The standard InChI is InChI=1S/C26H29N6O7P/c1-5-14-27-21(33)28(15-6-2)24(36)31(23(27)35)18-40(39,20-12-10-9-11-13-20)19-32-25(37)29(16-7-3)22(34)30(17-8-4)26(32)38/h5-13H,1-4,14-19H2. The van der Waals surface area contributed by atoms with E-state index in [1.807, 2.05) is 0 Å². The van der Waals surface area contributed by atoms with Gasteiger partial charge in [-0.25, -0.2) is 56.2 Å². The van der Waals surface area contributed by atoms with Gasteiger partial charge in [-0.2, -0.15) is 0 Å². The van der Waals surface area contributed by atoms with E-state index in [1.165, 1.54) is 36.4 Å². The van der Waals surface area contributed by atoms with Gasteiger partial charge in [0.15, 0.2) is 7.14 Å². The van der Waals surface area contributed by atoms with Crippen LogP contribution in [0.2, 0.25) is 0 Å². The van der Waals surface area contributed by atoms with Crippen molar-refractivity contribution in [2.45, 2.75) is 38.8 Å². The van der Waals surface area contributed by atoms with E-state index < -0.39 is 53.9 Å². The minimum Gasteiger partial charge on any atom is -0.315 e. The van der Waals surface area contributed by atoms with Crippen LogP contribution in [0.3, 0.4) is 0 Å². The van der Waals surface area contributed by atoms with Crippen LogP contribution in [0.15, 0.2) is 110 Å². The number of hydrogen-bond acceptors (Lipinski definition) is 7. The highest BCUT2D eigenvalue weighted by Crippen LogP contribution is 2.46. The average Bonchev–Trinajstić information content (AvgIpc) is 2.95. The highest BCUT2D eigenvalue weighted by molar-refractivity contribution is 7.69. The molecule has 0 aliphatic carbocycles. The third kappa shape index (κ3) is 5.50.